The van der Waals surface area contributed by atoms with Gasteiger partial charge in [0.2, 0.25) is 35.4 Å². The Hall–Kier alpha value is -8.94. The lowest BCUT2D eigenvalue weighted by Gasteiger charge is -2.35. The molecule has 6 amide bonds. The molecule has 4 fully saturated rings. The first kappa shape index (κ1) is 86.9. The van der Waals surface area contributed by atoms with Gasteiger partial charge >= 0.3 is 0 Å². The highest BCUT2D eigenvalue weighted by molar-refractivity contribution is 7.10. The highest BCUT2D eigenvalue weighted by atomic mass is 32.1. The van der Waals surface area contributed by atoms with Gasteiger partial charge in [-0.1, -0.05) is 165 Å². The molecule has 7 aromatic rings. The lowest BCUT2D eigenvalue weighted by atomic mass is 9.83. The molecule has 5 N–H and O–H groups in total. The van der Waals surface area contributed by atoms with Crippen LogP contribution in [0.15, 0.2) is 126 Å². The molecule has 0 radical (unpaired) electrons. The molecule has 2 saturated carbocycles. The van der Waals surface area contributed by atoms with E-state index in [0.29, 0.717) is 71.5 Å². The molecule has 0 spiro atoms. The van der Waals surface area contributed by atoms with Crippen LogP contribution >= 0.6 is 11.3 Å². The largest absolute Gasteiger partial charge is 0.496 e. The number of ether oxygens (including phenoxy) is 4. The van der Waals surface area contributed by atoms with Gasteiger partial charge in [0.25, 0.3) is 5.56 Å². The number of hydrogen-bond donors (Lipinski definition) is 5. The number of methoxy groups -OCH3 is 2. The van der Waals surface area contributed by atoms with Crippen molar-refractivity contribution in [3.05, 3.63) is 159 Å². The first-order valence-corrected chi connectivity index (χ1v) is 43.3. The van der Waals surface area contributed by atoms with E-state index in [2.05, 4.69) is 66.1 Å². The summed E-state index contributed by atoms with van der Waals surface area (Å²) in [6, 6.07) is 33.8. The fourth-order valence-corrected chi connectivity index (χ4v) is 17.9. The van der Waals surface area contributed by atoms with Gasteiger partial charge < -0.3 is 60.2 Å². The molecule has 115 heavy (non-hydrogen) atoms. The normalized spacial score (nSPS) is 19.5. The Balaban J connectivity index is 0.000000171. The molecule has 24 heteroatoms. The summed E-state index contributed by atoms with van der Waals surface area (Å²) in [7, 11) is 3.34. The zero-order chi connectivity index (χ0) is 81.3. The summed E-state index contributed by atoms with van der Waals surface area (Å²) in [6.07, 6.45) is 21.0. The van der Waals surface area contributed by atoms with Crippen LogP contribution in [0.5, 0.6) is 5.75 Å². The molecule has 13 rings (SSSR count). The van der Waals surface area contributed by atoms with Crippen molar-refractivity contribution in [3.8, 4) is 28.4 Å². The van der Waals surface area contributed by atoms with Crippen molar-refractivity contribution in [2.75, 3.05) is 90.2 Å². The van der Waals surface area contributed by atoms with E-state index in [9.17, 15) is 38.0 Å². The molecule has 2 unspecified atom stereocenters. The molecule has 5 heterocycles. The number of aryl methyl sites for hydroxylation is 1. The number of carbonyl (C=O) groups excluding carboxylic acids is 6. The van der Waals surface area contributed by atoms with Gasteiger partial charge in [0.05, 0.1) is 70.2 Å². The van der Waals surface area contributed by atoms with Crippen LogP contribution in [-0.4, -0.2) is 158 Å². The monoisotopic (exact) mass is 1600 g/mol. The van der Waals surface area contributed by atoms with Gasteiger partial charge in [-0.15, -0.1) is 11.3 Å². The molecular formula is C91H122FN11O11S. The number of amides is 6. The molecule has 22 nitrogen and oxygen atoms in total. The Morgan fingerprint density at radius 1 is 0.617 bits per heavy atom. The average molecular weight is 1600 g/mol. The number of rotatable bonds is 32. The Bertz CT molecular complexity index is 4420. The van der Waals surface area contributed by atoms with Crippen molar-refractivity contribution in [1.82, 2.24) is 45.6 Å². The zero-order valence-electron chi connectivity index (χ0n) is 68.8. The van der Waals surface area contributed by atoms with Crippen LogP contribution in [0, 0.1) is 35.4 Å². The second kappa shape index (κ2) is 43.3. The average Bonchev–Trinajstić information content (AvgIpc) is 1.68. The highest BCUT2D eigenvalue weighted by Crippen LogP contribution is 2.42. The molecule has 0 bridgehead atoms. The van der Waals surface area contributed by atoms with Gasteiger partial charge in [-0.3, -0.25) is 38.1 Å². The second-order valence-electron chi connectivity index (χ2n) is 31.9. The number of halogens is 1. The molecule has 2 saturated heterocycles. The number of carbonyl (C=O) groups is 6. The van der Waals surface area contributed by atoms with E-state index in [-0.39, 0.29) is 107 Å². The van der Waals surface area contributed by atoms with Crippen LogP contribution < -0.4 is 41.8 Å². The number of anilines is 2. The van der Waals surface area contributed by atoms with Crippen LogP contribution in [0.3, 0.4) is 0 Å². The maximum Gasteiger partial charge on any atom is 0.278 e. The third-order valence-corrected chi connectivity index (χ3v) is 25.2. The quantitative estimate of drug-likeness (QED) is 0.0246. The van der Waals surface area contributed by atoms with Gasteiger partial charge in [0, 0.05) is 91.2 Å². The van der Waals surface area contributed by atoms with E-state index in [1.165, 1.54) is 35.2 Å². The van der Waals surface area contributed by atoms with E-state index in [1.54, 1.807) is 38.5 Å². The molecule has 2 aromatic heterocycles. The van der Waals surface area contributed by atoms with Gasteiger partial charge in [-0.05, 0) is 148 Å². The maximum absolute atomic E-state index is 14.2. The van der Waals surface area contributed by atoms with Crippen LogP contribution in [0.4, 0.5) is 15.8 Å². The van der Waals surface area contributed by atoms with Crippen LogP contribution in [-0.2, 0) is 55.9 Å². The Morgan fingerprint density at radius 2 is 1.23 bits per heavy atom. The number of thiazole rings is 1. The van der Waals surface area contributed by atoms with Gasteiger partial charge in [-0.25, -0.2) is 14.4 Å². The molecule has 620 valence electrons. The number of hydrogen-bond acceptors (Lipinski definition) is 16. The van der Waals surface area contributed by atoms with E-state index in [0.717, 1.165) is 171 Å². The van der Waals surface area contributed by atoms with Gasteiger partial charge in [0.15, 0.2) is 0 Å². The predicted octanol–water partition coefficient (Wildman–Crippen LogP) is 14.9. The summed E-state index contributed by atoms with van der Waals surface area (Å²) < 4.78 is 37.3. The molecular weight excluding hydrogens is 1470 g/mol. The summed E-state index contributed by atoms with van der Waals surface area (Å²) >= 11 is 1.63. The van der Waals surface area contributed by atoms with Crippen molar-refractivity contribution in [2.45, 2.75) is 213 Å². The summed E-state index contributed by atoms with van der Waals surface area (Å²) in [5.74, 6) is 0.560. The SMILES string of the molecule is CC[C@@H](C)C(=O)N[C@H](C(=O)N1CCC[C@H]1CNC1CN(CCOCCOCCOC)c2cc(F)ccc21)C1CCCCC1.CC[C@@H](C)C(=O)N[C@H](C(=O)N1CCC[C@H]1c1nc(-c2ccc(OC)c3ccccc23)cs1)C1CCCCC1.CC[C@@H](C)C(=O)Nc1cnc(-c2ccccc2)n(CC(=O)NC2CCCc3ccccc32)c1=O. The number of nitrogens with zero attached hydrogens (tertiary/aromatic N) is 6. The van der Waals surface area contributed by atoms with Crippen molar-refractivity contribution in [1.29, 1.82) is 0 Å². The Kier molecular flexibility index (Phi) is 32.7. The molecule has 3 aliphatic heterocycles. The smallest absolute Gasteiger partial charge is 0.278 e. The van der Waals surface area contributed by atoms with Crippen LogP contribution in [0.1, 0.15) is 203 Å². The Morgan fingerprint density at radius 3 is 1.91 bits per heavy atom. The van der Waals surface area contributed by atoms with Crippen molar-refractivity contribution in [3.63, 3.8) is 0 Å². The van der Waals surface area contributed by atoms with E-state index >= 15 is 0 Å². The summed E-state index contributed by atoms with van der Waals surface area (Å²) in [5.41, 5.74) is 6.67. The number of nitrogens with one attached hydrogen (secondary N) is 5. The lowest BCUT2D eigenvalue weighted by Crippen LogP contribution is -2.55. The molecule has 6 aliphatic rings. The van der Waals surface area contributed by atoms with E-state index < -0.39 is 17.6 Å². The van der Waals surface area contributed by atoms with Gasteiger partial charge in [-0.2, -0.15) is 0 Å². The maximum atomic E-state index is 14.2. The van der Waals surface area contributed by atoms with Gasteiger partial charge in [0.1, 0.15) is 46.7 Å². The standard InChI is InChI=1S/C33H53FN4O5.C31H39N3O3S.C27H30N4O3/c1-4-24(2)32(39)36-31(25-9-6-5-7-10-25)33(40)38-14-8-11-27(38)22-35-29-23-37(30-21-26(34)12-13-28(29)30)15-16-42-19-20-43-18-17-41-3;1-4-20(2)29(35)33-28(21-11-6-5-7-12-21)31(36)34-18-10-15-26(34)30-32-25(19-38-30)23-16-17-27(37-3)24-14-9-8-13-22(23)24;1-3-18(2)26(33)30-23-16-28-25(20-11-5-4-6-12-20)31(27(23)34)17-24(32)29-22-15-9-13-19-10-7-8-14-21(19)22/h12-13,21,24-25,27,29,31,35H,4-11,14-20,22-23H2,1-3H3,(H,36,39);8-9,13-14,16-17,19-21,26,28H,4-7,10-12,15,18H2,1-3H3,(H,33,35);4-8,10-12,14,16,18,22H,3,9,13,15,17H2,1-2H3,(H,29,32)(H,30,33)/t24-,27+,29?,31+;20-,26+,28+;18-,22?/m111/s1. The predicted molar refractivity (Wildman–Crippen MR) is 451 cm³/mol. The summed E-state index contributed by atoms with van der Waals surface area (Å²) in [4.78, 5) is 109. The third-order valence-electron chi connectivity index (χ3n) is 24.3. The van der Waals surface area contributed by atoms with Crippen LogP contribution in [0.2, 0.25) is 0 Å². The second-order valence-corrected chi connectivity index (χ2v) is 32.8. The first-order valence-electron chi connectivity index (χ1n) is 42.4. The number of benzene rings is 5. The minimum absolute atomic E-state index is 0.00455. The Labute approximate surface area is 682 Å². The zero-order valence-corrected chi connectivity index (χ0v) is 69.6. The summed E-state index contributed by atoms with van der Waals surface area (Å²) in [6.45, 7) is 17.5. The molecule has 5 aromatic carbocycles. The topological polar surface area (TPSA) is 257 Å². The number of likely N-dealkylation sites (tertiary alicyclic amines) is 2. The van der Waals surface area contributed by atoms with E-state index in [1.807, 2.05) is 117 Å². The fourth-order valence-electron chi connectivity index (χ4n) is 17.0. The van der Waals surface area contributed by atoms with Crippen molar-refractivity contribution < 1.29 is 52.1 Å². The summed E-state index contributed by atoms with van der Waals surface area (Å²) in [5, 5.41) is 21.1. The van der Waals surface area contributed by atoms with Crippen LogP contribution in [0.25, 0.3) is 33.4 Å². The van der Waals surface area contributed by atoms with Crippen molar-refractivity contribution in [2.24, 2.45) is 29.6 Å². The lowest BCUT2D eigenvalue weighted by molar-refractivity contribution is -0.140. The molecule has 3 aliphatic carbocycles. The number of aromatic nitrogens is 3. The first-order chi connectivity index (χ1) is 55.9. The minimum atomic E-state index is -0.454. The fraction of sp³-hybridized carbons (Fsp3) is 0.549. The minimum Gasteiger partial charge on any atom is -0.496 e. The highest BCUT2D eigenvalue weighted by Gasteiger charge is 2.42. The van der Waals surface area contributed by atoms with Crippen molar-refractivity contribution >= 4 is 68.9 Å². The number of fused-ring (bicyclic) bond motifs is 3. The molecule has 9 atom stereocenters. The third kappa shape index (κ3) is 22.6. The van der Waals surface area contributed by atoms with E-state index in [4.69, 9.17) is 23.9 Å².